The normalized spacial score (nSPS) is 12.3. The molecule has 0 aliphatic heterocycles. The van der Waals surface area contributed by atoms with E-state index in [0.717, 1.165) is 0 Å². The van der Waals surface area contributed by atoms with E-state index in [4.69, 9.17) is 8.83 Å². The third-order valence-corrected chi connectivity index (χ3v) is 4.69. The molecule has 4 aromatic rings. The maximum absolute atomic E-state index is 5.69. The van der Waals surface area contributed by atoms with Crippen molar-refractivity contribution in [3.8, 4) is 11.7 Å². The fraction of sp³-hybridized carbons (Fsp3) is 0.111. The molecule has 0 radical (unpaired) electrons. The molecule has 0 fully saturated rings. The van der Waals surface area contributed by atoms with Crippen LogP contribution in [0.2, 0.25) is 0 Å². The van der Waals surface area contributed by atoms with Gasteiger partial charge in [-0.3, -0.25) is 0 Å². The van der Waals surface area contributed by atoms with E-state index in [1.807, 2.05) is 6.07 Å². The third-order valence-electron chi connectivity index (χ3n) is 3.74. The summed E-state index contributed by atoms with van der Waals surface area (Å²) in [5.74, 6) is 1.58. The van der Waals surface area contributed by atoms with Gasteiger partial charge >= 0.3 is 0 Å². The molecule has 1 atom stereocenters. The summed E-state index contributed by atoms with van der Waals surface area (Å²) in [6, 6.07) is 18.5. The lowest BCUT2D eigenvalue weighted by Gasteiger charge is -2.13. The summed E-state index contributed by atoms with van der Waals surface area (Å²) in [4.78, 5) is 1.30. The van der Waals surface area contributed by atoms with E-state index in [0.29, 0.717) is 24.1 Å². The highest BCUT2D eigenvalue weighted by Gasteiger charge is 2.20. The summed E-state index contributed by atoms with van der Waals surface area (Å²) in [6.45, 7) is 0.602. The predicted octanol–water partition coefficient (Wildman–Crippen LogP) is 3.24. The van der Waals surface area contributed by atoms with Crippen LogP contribution in [0.15, 0.2) is 75.1 Å². The Bertz CT molecular complexity index is 870. The molecule has 0 amide bonds. The molecule has 5 nitrogen and oxygen atoms in total. The van der Waals surface area contributed by atoms with E-state index >= 15 is 0 Å². The van der Waals surface area contributed by atoms with Crippen molar-refractivity contribution in [3.05, 3.63) is 82.6 Å². The summed E-state index contributed by atoms with van der Waals surface area (Å²) in [5, 5.41) is 12.5. The molecule has 6 heteroatoms. The molecular formula is C18H16N3O2S+. The van der Waals surface area contributed by atoms with Crippen LogP contribution in [0.1, 0.15) is 22.4 Å². The van der Waals surface area contributed by atoms with Crippen molar-refractivity contribution in [3.63, 3.8) is 0 Å². The standard InChI is InChI=1S/C18H15N3O2S/c1-2-6-13(7-3-1)17(15-9-5-11-24-15)19-12-16-20-21-18(23-16)14-8-4-10-22-14/h1-11,17,19H,12H2/p+1/t17-/m0/s1. The van der Waals surface area contributed by atoms with Crippen molar-refractivity contribution in [2.75, 3.05) is 0 Å². The summed E-state index contributed by atoms with van der Waals surface area (Å²) in [6.07, 6.45) is 1.59. The van der Waals surface area contributed by atoms with Crippen LogP contribution in [0.5, 0.6) is 0 Å². The molecule has 120 valence electrons. The van der Waals surface area contributed by atoms with Gasteiger partial charge in [0, 0.05) is 5.56 Å². The van der Waals surface area contributed by atoms with Gasteiger partial charge in [-0.2, -0.15) is 0 Å². The van der Waals surface area contributed by atoms with Gasteiger partial charge in [-0.15, -0.1) is 21.5 Å². The Balaban J connectivity index is 1.52. The van der Waals surface area contributed by atoms with Crippen LogP contribution in [0, 0.1) is 0 Å². The molecule has 3 aromatic heterocycles. The number of benzene rings is 1. The number of nitrogens with zero attached hydrogens (tertiary/aromatic N) is 2. The topological polar surface area (TPSA) is 68.7 Å². The molecule has 0 unspecified atom stereocenters. The molecule has 24 heavy (non-hydrogen) atoms. The van der Waals surface area contributed by atoms with Gasteiger partial charge in [-0.05, 0) is 23.6 Å². The van der Waals surface area contributed by atoms with E-state index < -0.39 is 0 Å². The second kappa shape index (κ2) is 6.82. The molecule has 2 N–H and O–H groups in total. The van der Waals surface area contributed by atoms with E-state index in [2.05, 4.69) is 57.3 Å². The minimum absolute atomic E-state index is 0.213. The lowest BCUT2D eigenvalue weighted by Crippen LogP contribution is -2.83. The van der Waals surface area contributed by atoms with Gasteiger partial charge in [0.1, 0.15) is 6.04 Å². The fourth-order valence-corrected chi connectivity index (χ4v) is 3.45. The van der Waals surface area contributed by atoms with E-state index in [1.54, 1.807) is 29.7 Å². The Labute approximate surface area is 143 Å². The number of aromatic nitrogens is 2. The van der Waals surface area contributed by atoms with Crippen LogP contribution >= 0.6 is 11.3 Å². The molecular weight excluding hydrogens is 322 g/mol. The highest BCUT2D eigenvalue weighted by molar-refractivity contribution is 7.10. The minimum atomic E-state index is 0.213. The van der Waals surface area contributed by atoms with Crippen LogP contribution in [-0.4, -0.2) is 10.2 Å². The molecule has 0 aliphatic rings. The first kappa shape index (κ1) is 14.9. The monoisotopic (exact) mass is 338 g/mol. The molecule has 0 spiro atoms. The van der Waals surface area contributed by atoms with E-state index in [1.165, 1.54) is 10.4 Å². The number of rotatable bonds is 6. The van der Waals surface area contributed by atoms with Crippen molar-refractivity contribution in [1.82, 2.24) is 10.2 Å². The van der Waals surface area contributed by atoms with Crippen LogP contribution < -0.4 is 5.32 Å². The van der Waals surface area contributed by atoms with Gasteiger partial charge in [0.15, 0.2) is 12.3 Å². The molecule has 0 aliphatic carbocycles. The number of hydrogen-bond acceptors (Lipinski definition) is 5. The van der Waals surface area contributed by atoms with Crippen molar-refractivity contribution in [2.45, 2.75) is 12.6 Å². The zero-order valence-electron chi connectivity index (χ0n) is 12.8. The van der Waals surface area contributed by atoms with Crippen molar-refractivity contribution in [1.29, 1.82) is 0 Å². The molecule has 0 bridgehead atoms. The first-order valence-corrected chi connectivity index (χ1v) is 8.56. The number of thiophene rings is 1. The largest absolute Gasteiger partial charge is 0.459 e. The minimum Gasteiger partial charge on any atom is -0.459 e. The van der Waals surface area contributed by atoms with Gasteiger partial charge in [0.25, 0.3) is 11.8 Å². The zero-order valence-corrected chi connectivity index (χ0v) is 13.6. The SMILES string of the molecule is c1ccc([C@H]([NH2+]Cc2nnc(-c3ccco3)o2)c2cccs2)cc1. The molecule has 4 rings (SSSR count). The molecule has 3 heterocycles. The first-order chi connectivity index (χ1) is 11.9. The molecule has 1 aromatic carbocycles. The summed E-state index contributed by atoms with van der Waals surface area (Å²) >= 11 is 1.75. The number of furan rings is 1. The number of nitrogens with two attached hydrogens (primary N) is 1. The van der Waals surface area contributed by atoms with Gasteiger partial charge in [-0.1, -0.05) is 36.4 Å². The Hall–Kier alpha value is -2.70. The lowest BCUT2D eigenvalue weighted by atomic mass is 10.1. The maximum atomic E-state index is 5.69. The number of hydrogen-bond donors (Lipinski definition) is 1. The predicted molar refractivity (Wildman–Crippen MR) is 90.2 cm³/mol. The third kappa shape index (κ3) is 3.15. The average Bonchev–Trinajstić information content (AvgIpc) is 3.38. The number of quaternary nitrogens is 1. The molecule has 0 saturated heterocycles. The average molecular weight is 338 g/mol. The van der Waals surface area contributed by atoms with Crippen molar-refractivity contribution >= 4 is 11.3 Å². The highest BCUT2D eigenvalue weighted by atomic mass is 32.1. The zero-order chi connectivity index (χ0) is 16.2. The fourth-order valence-electron chi connectivity index (χ4n) is 2.60. The first-order valence-electron chi connectivity index (χ1n) is 7.68. The Morgan fingerprint density at radius 2 is 1.92 bits per heavy atom. The van der Waals surface area contributed by atoms with Gasteiger partial charge in [-0.25, -0.2) is 0 Å². The summed E-state index contributed by atoms with van der Waals surface area (Å²) in [7, 11) is 0. The second-order valence-electron chi connectivity index (χ2n) is 5.32. The quantitative estimate of drug-likeness (QED) is 0.586. The van der Waals surface area contributed by atoms with Crippen LogP contribution in [0.4, 0.5) is 0 Å². The molecule has 0 saturated carbocycles. The maximum Gasteiger partial charge on any atom is 0.283 e. The Morgan fingerprint density at radius 3 is 2.67 bits per heavy atom. The lowest BCUT2D eigenvalue weighted by molar-refractivity contribution is -0.703. The van der Waals surface area contributed by atoms with Crippen molar-refractivity contribution < 1.29 is 14.2 Å². The second-order valence-corrected chi connectivity index (χ2v) is 6.30. The van der Waals surface area contributed by atoms with E-state index in [9.17, 15) is 0 Å². The van der Waals surface area contributed by atoms with E-state index in [-0.39, 0.29) is 6.04 Å². The van der Waals surface area contributed by atoms with Gasteiger partial charge in [0.2, 0.25) is 0 Å². The van der Waals surface area contributed by atoms with Crippen LogP contribution in [0.3, 0.4) is 0 Å². The smallest absolute Gasteiger partial charge is 0.283 e. The van der Waals surface area contributed by atoms with Crippen LogP contribution in [0.25, 0.3) is 11.7 Å². The Kier molecular flexibility index (Phi) is 4.22. The highest BCUT2D eigenvalue weighted by Crippen LogP contribution is 2.23. The van der Waals surface area contributed by atoms with Crippen LogP contribution in [-0.2, 0) is 6.54 Å². The summed E-state index contributed by atoms with van der Waals surface area (Å²) < 4.78 is 11.0. The van der Waals surface area contributed by atoms with Gasteiger partial charge in [0.05, 0.1) is 11.1 Å². The van der Waals surface area contributed by atoms with Gasteiger partial charge < -0.3 is 14.2 Å². The Morgan fingerprint density at radius 1 is 1.00 bits per heavy atom. The summed E-state index contributed by atoms with van der Waals surface area (Å²) in [5.41, 5.74) is 1.26. The van der Waals surface area contributed by atoms with Crippen molar-refractivity contribution in [2.24, 2.45) is 0 Å².